The predicted octanol–water partition coefficient (Wildman–Crippen LogP) is 1.79. The van der Waals surface area contributed by atoms with Crippen molar-refractivity contribution >= 4 is 9.84 Å². The van der Waals surface area contributed by atoms with Crippen LogP contribution in [0.4, 0.5) is 0 Å². The molecule has 0 aromatic rings. The van der Waals surface area contributed by atoms with Crippen LogP contribution >= 0.6 is 0 Å². The van der Waals surface area contributed by atoms with E-state index < -0.39 is 9.84 Å². The van der Waals surface area contributed by atoms with E-state index in [0.29, 0.717) is 18.6 Å². The molecule has 1 aliphatic heterocycles. The van der Waals surface area contributed by atoms with Crippen molar-refractivity contribution in [3.05, 3.63) is 0 Å². The SMILES string of the molecule is CCC1CCN(C2CCCC(S(C)(=O)=O)C2)C(CN)C1. The van der Waals surface area contributed by atoms with E-state index in [0.717, 1.165) is 38.1 Å². The van der Waals surface area contributed by atoms with Crippen LogP contribution in [-0.4, -0.2) is 50.0 Å². The van der Waals surface area contributed by atoms with Gasteiger partial charge in [0.15, 0.2) is 0 Å². The number of nitrogens with zero attached hydrogens (tertiary/aromatic N) is 1. The van der Waals surface area contributed by atoms with E-state index in [1.807, 2.05) is 0 Å². The lowest BCUT2D eigenvalue weighted by molar-refractivity contribution is 0.0535. The minimum Gasteiger partial charge on any atom is -0.329 e. The molecule has 4 nitrogen and oxygen atoms in total. The number of sulfone groups is 1. The highest BCUT2D eigenvalue weighted by Gasteiger charge is 2.36. The van der Waals surface area contributed by atoms with Gasteiger partial charge in [-0.2, -0.15) is 0 Å². The highest BCUT2D eigenvalue weighted by molar-refractivity contribution is 7.91. The van der Waals surface area contributed by atoms with Crippen molar-refractivity contribution < 1.29 is 8.42 Å². The van der Waals surface area contributed by atoms with Crippen molar-refractivity contribution in [3.8, 4) is 0 Å². The molecule has 0 aromatic heterocycles. The predicted molar refractivity (Wildman–Crippen MR) is 83.5 cm³/mol. The Kier molecular flexibility index (Phi) is 5.49. The Morgan fingerprint density at radius 3 is 2.55 bits per heavy atom. The summed E-state index contributed by atoms with van der Waals surface area (Å²) in [6.07, 6.45) is 8.89. The molecule has 0 aromatic carbocycles. The summed E-state index contributed by atoms with van der Waals surface area (Å²) in [6, 6.07) is 0.881. The van der Waals surface area contributed by atoms with Gasteiger partial charge in [-0.15, -0.1) is 0 Å². The zero-order valence-electron chi connectivity index (χ0n) is 12.9. The number of nitrogens with two attached hydrogens (primary N) is 1. The third-order valence-corrected chi connectivity index (χ3v) is 7.03. The molecule has 4 unspecified atom stereocenters. The van der Waals surface area contributed by atoms with Gasteiger partial charge in [-0.1, -0.05) is 19.8 Å². The van der Waals surface area contributed by atoms with Crippen molar-refractivity contribution in [2.45, 2.75) is 69.2 Å². The molecule has 0 amide bonds. The molecular weight excluding hydrogens is 272 g/mol. The minimum atomic E-state index is -2.90. The molecule has 4 atom stereocenters. The molecule has 2 N–H and O–H groups in total. The molecule has 1 heterocycles. The molecule has 0 bridgehead atoms. The van der Waals surface area contributed by atoms with Crippen LogP contribution in [-0.2, 0) is 9.84 Å². The maximum absolute atomic E-state index is 11.8. The number of rotatable bonds is 4. The molecule has 5 heteroatoms. The fraction of sp³-hybridized carbons (Fsp3) is 1.00. The van der Waals surface area contributed by atoms with E-state index >= 15 is 0 Å². The Balaban J connectivity index is 2.02. The summed E-state index contributed by atoms with van der Waals surface area (Å²) in [4.78, 5) is 2.53. The summed E-state index contributed by atoms with van der Waals surface area (Å²) in [7, 11) is -2.90. The Labute approximate surface area is 124 Å². The van der Waals surface area contributed by atoms with E-state index in [-0.39, 0.29) is 5.25 Å². The Morgan fingerprint density at radius 2 is 1.95 bits per heavy atom. The zero-order chi connectivity index (χ0) is 14.8. The maximum atomic E-state index is 11.8. The fourth-order valence-corrected chi connectivity index (χ4v) is 5.21. The average molecular weight is 302 g/mol. The first-order valence-electron chi connectivity index (χ1n) is 8.10. The van der Waals surface area contributed by atoms with Crippen molar-refractivity contribution in [2.24, 2.45) is 11.7 Å². The summed E-state index contributed by atoms with van der Waals surface area (Å²) in [5.74, 6) is 0.800. The van der Waals surface area contributed by atoms with Crippen LogP contribution in [0, 0.1) is 5.92 Å². The number of piperidine rings is 1. The van der Waals surface area contributed by atoms with E-state index in [1.54, 1.807) is 0 Å². The lowest BCUT2D eigenvalue weighted by Crippen LogP contribution is -2.53. The van der Waals surface area contributed by atoms with Gasteiger partial charge in [-0.25, -0.2) is 8.42 Å². The highest BCUT2D eigenvalue weighted by Crippen LogP contribution is 2.33. The monoisotopic (exact) mass is 302 g/mol. The van der Waals surface area contributed by atoms with Crippen molar-refractivity contribution in [1.82, 2.24) is 4.90 Å². The highest BCUT2D eigenvalue weighted by atomic mass is 32.2. The lowest BCUT2D eigenvalue weighted by atomic mass is 9.85. The van der Waals surface area contributed by atoms with E-state index in [2.05, 4.69) is 11.8 Å². The van der Waals surface area contributed by atoms with Crippen molar-refractivity contribution in [1.29, 1.82) is 0 Å². The standard InChI is InChI=1S/C15H30N2O2S/c1-3-12-7-8-17(14(9-12)11-16)13-5-4-6-15(10-13)20(2,18)19/h12-15H,3-11,16H2,1-2H3. The molecular formula is C15H30N2O2S. The van der Waals surface area contributed by atoms with Crippen LogP contribution < -0.4 is 5.73 Å². The summed E-state index contributed by atoms with van der Waals surface area (Å²) >= 11 is 0. The first kappa shape index (κ1) is 16.2. The second-order valence-electron chi connectivity index (χ2n) is 6.70. The van der Waals surface area contributed by atoms with Gasteiger partial charge in [-0.3, -0.25) is 4.90 Å². The molecule has 2 aliphatic rings. The lowest BCUT2D eigenvalue weighted by Gasteiger charge is -2.45. The number of likely N-dealkylation sites (tertiary alicyclic amines) is 1. The first-order valence-corrected chi connectivity index (χ1v) is 10.1. The number of hydrogen-bond donors (Lipinski definition) is 1. The minimum absolute atomic E-state index is 0.136. The molecule has 1 saturated heterocycles. The van der Waals surface area contributed by atoms with E-state index in [4.69, 9.17) is 5.73 Å². The van der Waals surface area contributed by atoms with Gasteiger partial charge < -0.3 is 5.73 Å². The summed E-state index contributed by atoms with van der Waals surface area (Å²) in [5, 5.41) is -0.136. The molecule has 20 heavy (non-hydrogen) atoms. The number of hydrogen-bond acceptors (Lipinski definition) is 4. The third-order valence-electron chi connectivity index (χ3n) is 5.39. The first-order chi connectivity index (χ1) is 9.45. The topological polar surface area (TPSA) is 63.4 Å². The normalized spacial score (nSPS) is 37.0. The van der Waals surface area contributed by atoms with Crippen LogP contribution in [0.15, 0.2) is 0 Å². The molecule has 0 radical (unpaired) electrons. The molecule has 1 saturated carbocycles. The second kappa shape index (κ2) is 6.75. The Bertz CT molecular complexity index is 410. The maximum Gasteiger partial charge on any atom is 0.150 e. The van der Waals surface area contributed by atoms with Gasteiger partial charge in [-0.05, 0) is 44.6 Å². The third kappa shape index (κ3) is 3.74. The quantitative estimate of drug-likeness (QED) is 0.860. The van der Waals surface area contributed by atoms with Gasteiger partial charge >= 0.3 is 0 Å². The van der Waals surface area contributed by atoms with Gasteiger partial charge in [0.1, 0.15) is 9.84 Å². The second-order valence-corrected chi connectivity index (χ2v) is 9.02. The molecule has 118 valence electrons. The van der Waals surface area contributed by atoms with Crippen LogP contribution in [0.5, 0.6) is 0 Å². The van der Waals surface area contributed by atoms with Crippen molar-refractivity contribution in [2.75, 3.05) is 19.3 Å². The van der Waals surface area contributed by atoms with Crippen LogP contribution in [0.2, 0.25) is 0 Å². The summed E-state index contributed by atoms with van der Waals surface area (Å²) in [6.45, 7) is 4.06. The smallest absolute Gasteiger partial charge is 0.150 e. The van der Waals surface area contributed by atoms with E-state index in [9.17, 15) is 8.42 Å². The van der Waals surface area contributed by atoms with Gasteiger partial charge in [0.25, 0.3) is 0 Å². The van der Waals surface area contributed by atoms with Gasteiger partial charge in [0.2, 0.25) is 0 Å². The summed E-state index contributed by atoms with van der Waals surface area (Å²) in [5.41, 5.74) is 5.98. The van der Waals surface area contributed by atoms with Gasteiger partial charge in [0, 0.05) is 24.9 Å². The average Bonchev–Trinajstić information content (AvgIpc) is 2.45. The zero-order valence-corrected chi connectivity index (χ0v) is 13.7. The Hall–Kier alpha value is -0.130. The Morgan fingerprint density at radius 1 is 1.20 bits per heavy atom. The molecule has 1 aliphatic carbocycles. The van der Waals surface area contributed by atoms with Crippen LogP contribution in [0.3, 0.4) is 0 Å². The van der Waals surface area contributed by atoms with Gasteiger partial charge in [0.05, 0.1) is 5.25 Å². The molecule has 2 fully saturated rings. The van der Waals surface area contributed by atoms with Crippen LogP contribution in [0.1, 0.15) is 51.9 Å². The summed E-state index contributed by atoms with van der Waals surface area (Å²) < 4.78 is 23.6. The molecule has 0 spiro atoms. The van der Waals surface area contributed by atoms with E-state index in [1.165, 1.54) is 25.5 Å². The van der Waals surface area contributed by atoms with Crippen LogP contribution in [0.25, 0.3) is 0 Å². The fourth-order valence-electron chi connectivity index (χ4n) is 4.05. The van der Waals surface area contributed by atoms with Crippen molar-refractivity contribution in [3.63, 3.8) is 0 Å². The molecule has 2 rings (SSSR count). The largest absolute Gasteiger partial charge is 0.329 e.